The molecule has 2 aromatic heterocycles. The second-order valence-electron chi connectivity index (χ2n) is 6.47. The predicted molar refractivity (Wildman–Crippen MR) is 88.5 cm³/mol. The third-order valence-corrected chi connectivity index (χ3v) is 6.09. The van der Waals surface area contributed by atoms with Crippen LogP contribution in [0.25, 0.3) is 4.96 Å². The van der Waals surface area contributed by atoms with Crippen molar-refractivity contribution >= 4 is 22.3 Å². The van der Waals surface area contributed by atoms with Crippen LogP contribution in [0, 0.1) is 5.41 Å². The summed E-state index contributed by atoms with van der Waals surface area (Å²) < 4.78 is 7.79. The highest BCUT2D eigenvalue weighted by molar-refractivity contribution is 7.15. The van der Waals surface area contributed by atoms with Gasteiger partial charge in [0.2, 0.25) is 0 Å². The van der Waals surface area contributed by atoms with Gasteiger partial charge in [-0.05, 0) is 26.2 Å². The van der Waals surface area contributed by atoms with Crippen molar-refractivity contribution in [1.82, 2.24) is 20.0 Å². The Morgan fingerprint density at radius 1 is 1.57 bits per heavy atom. The number of urea groups is 1. The van der Waals surface area contributed by atoms with Crippen LogP contribution in [-0.4, -0.2) is 34.2 Å². The number of carbonyl (C=O) groups is 1. The van der Waals surface area contributed by atoms with Crippen LogP contribution in [0.15, 0.2) is 17.8 Å². The number of fused-ring (bicyclic) bond motifs is 1. The molecule has 2 aliphatic carbocycles. The summed E-state index contributed by atoms with van der Waals surface area (Å²) in [5.74, 6) is 0. The minimum atomic E-state index is -0.104. The van der Waals surface area contributed by atoms with Crippen molar-refractivity contribution in [2.24, 2.45) is 5.41 Å². The summed E-state index contributed by atoms with van der Waals surface area (Å²) in [7, 11) is 0. The van der Waals surface area contributed by atoms with Crippen LogP contribution in [0.2, 0.25) is 0 Å². The number of nitrogens with zero attached hydrogens (tertiary/aromatic N) is 2. The Kier molecular flexibility index (Phi) is 3.77. The van der Waals surface area contributed by atoms with Gasteiger partial charge in [0.25, 0.3) is 0 Å². The van der Waals surface area contributed by atoms with E-state index in [0.717, 1.165) is 23.7 Å². The molecule has 2 N–H and O–H groups in total. The molecule has 0 saturated heterocycles. The molecule has 4 rings (SSSR count). The number of aromatic nitrogens is 2. The molecule has 2 aromatic rings. The molecule has 2 saturated carbocycles. The van der Waals surface area contributed by atoms with Gasteiger partial charge in [0, 0.05) is 35.8 Å². The van der Waals surface area contributed by atoms with Crippen LogP contribution in [0.3, 0.4) is 0 Å². The zero-order chi connectivity index (χ0) is 15.9. The number of thiazole rings is 1. The number of ether oxygens (including phenoxy) is 1. The van der Waals surface area contributed by atoms with Gasteiger partial charge in [-0.3, -0.25) is 4.40 Å². The summed E-state index contributed by atoms with van der Waals surface area (Å²) in [6.07, 6.45) is 8.76. The SMILES string of the molecule is CCO[C@H]1C[C@@H](NC(=O)NCc2cn3ccsc3n2)C12CCC2. The van der Waals surface area contributed by atoms with E-state index in [0.29, 0.717) is 12.6 Å². The van der Waals surface area contributed by atoms with Crippen molar-refractivity contribution in [2.45, 2.75) is 51.3 Å². The molecule has 2 atom stereocenters. The highest BCUT2D eigenvalue weighted by atomic mass is 32.1. The van der Waals surface area contributed by atoms with Crippen molar-refractivity contribution in [2.75, 3.05) is 6.61 Å². The standard InChI is InChI=1S/C16H22N4O2S/c1-2-22-13-8-12(16(13)4-3-5-16)19-14(21)17-9-11-10-20-6-7-23-15(20)18-11/h6-7,10,12-13H,2-5,8-9H2,1H3,(H2,17,19,21)/t12-,13+/m1/s1. The zero-order valence-corrected chi connectivity index (χ0v) is 14.1. The lowest BCUT2D eigenvalue weighted by atomic mass is 9.51. The molecule has 0 aromatic carbocycles. The van der Waals surface area contributed by atoms with E-state index in [-0.39, 0.29) is 17.5 Å². The van der Waals surface area contributed by atoms with E-state index in [1.54, 1.807) is 11.3 Å². The number of carbonyl (C=O) groups excluding carboxylic acids is 1. The molecule has 0 unspecified atom stereocenters. The molecule has 23 heavy (non-hydrogen) atoms. The Labute approximate surface area is 139 Å². The van der Waals surface area contributed by atoms with E-state index in [2.05, 4.69) is 15.6 Å². The molecular formula is C16H22N4O2S. The molecule has 6 nitrogen and oxygen atoms in total. The molecular weight excluding hydrogens is 312 g/mol. The zero-order valence-electron chi connectivity index (χ0n) is 13.2. The topological polar surface area (TPSA) is 67.7 Å². The number of hydrogen-bond acceptors (Lipinski definition) is 4. The average Bonchev–Trinajstić information content (AvgIpc) is 3.03. The first-order valence-electron chi connectivity index (χ1n) is 8.28. The van der Waals surface area contributed by atoms with Gasteiger partial charge in [-0.1, -0.05) is 6.42 Å². The first-order chi connectivity index (χ1) is 11.2. The Balaban J connectivity index is 1.29. The van der Waals surface area contributed by atoms with Crippen LogP contribution in [0.4, 0.5) is 4.79 Å². The van der Waals surface area contributed by atoms with Gasteiger partial charge in [0.15, 0.2) is 4.96 Å². The molecule has 0 radical (unpaired) electrons. The van der Waals surface area contributed by atoms with E-state index < -0.39 is 0 Å². The number of rotatable bonds is 5. The summed E-state index contributed by atoms with van der Waals surface area (Å²) in [5.41, 5.74) is 1.08. The van der Waals surface area contributed by atoms with Crippen molar-refractivity contribution in [3.05, 3.63) is 23.5 Å². The van der Waals surface area contributed by atoms with Gasteiger partial charge in [-0.2, -0.15) is 0 Å². The fourth-order valence-electron chi connectivity index (χ4n) is 3.88. The van der Waals surface area contributed by atoms with Gasteiger partial charge in [-0.15, -0.1) is 11.3 Å². The van der Waals surface area contributed by atoms with E-state index in [4.69, 9.17) is 4.74 Å². The number of imidazole rings is 1. The quantitative estimate of drug-likeness (QED) is 0.883. The molecule has 2 heterocycles. The summed E-state index contributed by atoms with van der Waals surface area (Å²) >= 11 is 1.59. The fraction of sp³-hybridized carbons (Fsp3) is 0.625. The first-order valence-corrected chi connectivity index (χ1v) is 9.16. The third kappa shape index (κ3) is 2.52. The summed E-state index contributed by atoms with van der Waals surface area (Å²) in [6, 6.07) is 0.144. The molecule has 2 aliphatic rings. The summed E-state index contributed by atoms with van der Waals surface area (Å²) in [6.45, 7) is 3.24. The average molecular weight is 334 g/mol. The Bertz CT molecular complexity index is 677. The fourth-order valence-corrected chi connectivity index (χ4v) is 4.60. The smallest absolute Gasteiger partial charge is 0.315 e. The first kappa shape index (κ1) is 15.0. The van der Waals surface area contributed by atoms with Crippen molar-refractivity contribution < 1.29 is 9.53 Å². The van der Waals surface area contributed by atoms with Gasteiger partial charge >= 0.3 is 6.03 Å². The maximum absolute atomic E-state index is 12.2. The second-order valence-corrected chi connectivity index (χ2v) is 7.34. The largest absolute Gasteiger partial charge is 0.378 e. The van der Waals surface area contributed by atoms with E-state index in [1.165, 1.54) is 19.3 Å². The molecule has 1 spiro atoms. The van der Waals surface area contributed by atoms with Crippen molar-refractivity contribution in [3.8, 4) is 0 Å². The lowest BCUT2D eigenvalue weighted by molar-refractivity contribution is -0.169. The minimum absolute atomic E-state index is 0.104. The van der Waals surface area contributed by atoms with Gasteiger partial charge in [0.1, 0.15) is 0 Å². The van der Waals surface area contributed by atoms with Crippen LogP contribution in [0.1, 0.15) is 38.3 Å². The molecule has 2 fully saturated rings. The predicted octanol–water partition coefficient (Wildman–Crippen LogP) is 2.54. The highest BCUT2D eigenvalue weighted by Crippen LogP contribution is 2.57. The molecule has 7 heteroatoms. The molecule has 124 valence electrons. The lowest BCUT2D eigenvalue weighted by Crippen LogP contribution is -2.68. The highest BCUT2D eigenvalue weighted by Gasteiger charge is 2.59. The van der Waals surface area contributed by atoms with Crippen LogP contribution in [-0.2, 0) is 11.3 Å². The van der Waals surface area contributed by atoms with Crippen LogP contribution in [0.5, 0.6) is 0 Å². The summed E-state index contributed by atoms with van der Waals surface area (Å²) in [4.78, 5) is 17.6. The van der Waals surface area contributed by atoms with Crippen molar-refractivity contribution in [1.29, 1.82) is 0 Å². The Morgan fingerprint density at radius 2 is 2.43 bits per heavy atom. The van der Waals surface area contributed by atoms with Crippen molar-refractivity contribution in [3.63, 3.8) is 0 Å². The normalized spacial score (nSPS) is 25.1. The van der Waals surface area contributed by atoms with Gasteiger partial charge in [-0.25, -0.2) is 9.78 Å². The van der Waals surface area contributed by atoms with Crippen LogP contribution < -0.4 is 10.6 Å². The maximum Gasteiger partial charge on any atom is 0.315 e. The Hall–Kier alpha value is -1.60. The summed E-state index contributed by atoms with van der Waals surface area (Å²) in [5, 5.41) is 8.05. The maximum atomic E-state index is 12.2. The second kappa shape index (κ2) is 5.79. The molecule has 0 bridgehead atoms. The Morgan fingerprint density at radius 3 is 3.13 bits per heavy atom. The molecule has 2 amide bonds. The number of amides is 2. The lowest BCUT2D eigenvalue weighted by Gasteiger charge is -2.60. The van der Waals surface area contributed by atoms with E-state index in [1.807, 2.05) is 29.1 Å². The monoisotopic (exact) mass is 334 g/mol. The number of nitrogens with one attached hydrogen (secondary N) is 2. The third-order valence-electron chi connectivity index (χ3n) is 5.32. The van der Waals surface area contributed by atoms with E-state index >= 15 is 0 Å². The van der Waals surface area contributed by atoms with Crippen LogP contribution >= 0.6 is 11.3 Å². The number of hydrogen-bond donors (Lipinski definition) is 2. The molecule has 0 aliphatic heterocycles. The van der Waals surface area contributed by atoms with Gasteiger partial charge in [0.05, 0.1) is 18.3 Å². The van der Waals surface area contributed by atoms with Gasteiger partial charge < -0.3 is 15.4 Å². The minimum Gasteiger partial charge on any atom is -0.378 e. The van der Waals surface area contributed by atoms with E-state index in [9.17, 15) is 4.79 Å².